The average Bonchev–Trinajstić information content (AvgIpc) is 2.90. The molecule has 0 atom stereocenters. The first-order chi connectivity index (χ1) is 18.6. The first-order valence-electron chi connectivity index (χ1n) is 11.9. The maximum atomic E-state index is 12.2. The van der Waals surface area contributed by atoms with E-state index in [0.717, 1.165) is 50.8 Å². The van der Waals surface area contributed by atoms with Gasteiger partial charge < -0.3 is 29.3 Å². The normalized spacial score (nSPS) is 15.8. The molecule has 5 rings (SSSR count). The number of aromatic nitrogens is 2. The van der Waals surface area contributed by atoms with E-state index in [0.29, 0.717) is 40.2 Å². The van der Waals surface area contributed by atoms with E-state index in [4.69, 9.17) is 44.3 Å². The molecule has 2 aliphatic heterocycles. The van der Waals surface area contributed by atoms with Crippen molar-refractivity contribution >= 4 is 57.7 Å². The maximum absolute atomic E-state index is 12.2. The predicted molar refractivity (Wildman–Crippen MR) is 146 cm³/mol. The highest BCUT2D eigenvalue weighted by Gasteiger charge is 2.31. The number of halogens is 6. The van der Waals surface area contributed by atoms with Gasteiger partial charge in [0.15, 0.2) is 0 Å². The number of nitrogens with zero attached hydrogens (tertiary/aromatic N) is 4. The van der Waals surface area contributed by atoms with Crippen LogP contribution in [-0.4, -0.2) is 68.9 Å². The number of alkyl halides is 3. The molecule has 1 N–H and O–H groups in total. The zero-order valence-corrected chi connectivity index (χ0v) is 22.8. The Hall–Kier alpha value is -2.70. The minimum absolute atomic E-state index is 0.286. The number of nitrogens with one attached hydrogen (secondary N) is 1. The van der Waals surface area contributed by atoms with Gasteiger partial charge in [-0.15, -0.1) is 13.2 Å². The van der Waals surface area contributed by atoms with Crippen molar-refractivity contribution in [1.29, 1.82) is 0 Å². The summed E-state index contributed by atoms with van der Waals surface area (Å²) in [5, 5.41) is 4.21. The first kappa shape index (κ1) is 29.3. The topological polar surface area (TPSA) is 72.0 Å². The monoisotopic (exact) mass is 605 g/mol. The quantitative estimate of drug-likeness (QED) is 0.333. The van der Waals surface area contributed by atoms with Gasteiger partial charge in [0.25, 0.3) is 0 Å². The molecule has 0 spiro atoms. The Morgan fingerprint density at radius 2 is 1.18 bits per heavy atom. The zero-order valence-electron chi connectivity index (χ0n) is 20.6. The molecule has 2 fully saturated rings. The second-order valence-corrected chi connectivity index (χ2v) is 9.56. The molecule has 3 aromatic rings. The van der Waals surface area contributed by atoms with Crippen LogP contribution in [0.4, 0.5) is 36.1 Å². The molecule has 0 aliphatic carbocycles. The van der Waals surface area contributed by atoms with Crippen LogP contribution in [0.2, 0.25) is 15.5 Å². The van der Waals surface area contributed by atoms with Gasteiger partial charge in [0.1, 0.15) is 27.0 Å². The lowest BCUT2D eigenvalue weighted by Gasteiger charge is -2.29. The van der Waals surface area contributed by atoms with E-state index in [9.17, 15) is 13.2 Å². The Balaban J connectivity index is 0.000000212. The molecule has 0 radical (unpaired) electrons. The van der Waals surface area contributed by atoms with Crippen LogP contribution in [0.25, 0.3) is 0 Å². The number of ether oxygens (including phenoxy) is 3. The number of pyridine rings is 2. The van der Waals surface area contributed by atoms with Crippen LogP contribution in [0.15, 0.2) is 48.5 Å². The van der Waals surface area contributed by atoms with Gasteiger partial charge in [0.05, 0.1) is 26.4 Å². The molecule has 2 aromatic heterocycles. The third kappa shape index (κ3) is 9.47. The molecule has 1 aromatic carbocycles. The molecule has 2 saturated heterocycles. The summed E-state index contributed by atoms with van der Waals surface area (Å²) in [5.74, 6) is 0.213. The molecular weight excluding hydrogens is 582 g/mol. The molecule has 0 unspecified atom stereocenters. The summed E-state index contributed by atoms with van der Waals surface area (Å²) < 4.78 is 51.0. The lowest BCUT2D eigenvalue weighted by atomic mass is 10.3. The smallest absolute Gasteiger partial charge is 0.406 e. The fourth-order valence-electron chi connectivity index (χ4n) is 3.90. The van der Waals surface area contributed by atoms with Gasteiger partial charge in [-0.3, -0.25) is 0 Å². The molecule has 0 saturated carbocycles. The molecule has 14 heteroatoms. The molecule has 2 aliphatic rings. The molecule has 210 valence electrons. The van der Waals surface area contributed by atoms with Crippen LogP contribution in [0.3, 0.4) is 0 Å². The SMILES string of the molecule is Clc1cc(N2CCOCC2)cc(Cl)n1.FC(F)(F)Oc1ccc(Nc2cc(N3CCOCC3)cc(Cl)n2)cc1. The van der Waals surface area contributed by atoms with Crippen LogP contribution < -0.4 is 19.9 Å². The second-order valence-electron chi connectivity index (χ2n) is 8.40. The highest BCUT2D eigenvalue weighted by atomic mass is 35.5. The molecule has 8 nitrogen and oxygen atoms in total. The van der Waals surface area contributed by atoms with Crippen LogP contribution in [0.5, 0.6) is 5.75 Å². The number of rotatable bonds is 5. The van der Waals surface area contributed by atoms with Crippen molar-refractivity contribution in [2.75, 3.05) is 67.7 Å². The Bertz CT molecular complexity index is 1210. The lowest BCUT2D eigenvalue weighted by Crippen LogP contribution is -2.36. The third-order valence-electron chi connectivity index (χ3n) is 5.64. The largest absolute Gasteiger partial charge is 0.573 e. The van der Waals surface area contributed by atoms with Gasteiger partial charge in [-0.1, -0.05) is 34.8 Å². The first-order valence-corrected chi connectivity index (χ1v) is 13.1. The maximum Gasteiger partial charge on any atom is 0.573 e. The summed E-state index contributed by atoms with van der Waals surface area (Å²) in [4.78, 5) is 12.4. The van der Waals surface area contributed by atoms with Crippen molar-refractivity contribution in [2.24, 2.45) is 0 Å². The van der Waals surface area contributed by atoms with E-state index < -0.39 is 6.36 Å². The number of benzene rings is 1. The van der Waals surface area contributed by atoms with Crippen LogP contribution in [0.1, 0.15) is 0 Å². The Labute approximate surface area is 238 Å². The summed E-state index contributed by atoms with van der Waals surface area (Å²) in [7, 11) is 0. The number of morpholine rings is 2. The number of hydrogen-bond acceptors (Lipinski definition) is 8. The number of hydrogen-bond donors (Lipinski definition) is 1. The molecule has 39 heavy (non-hydrogen) atoms. The summed E-state index contributed by atoms with van der Waals surface area (Å²) >= 11 is 17.7. The summed E-state index contributed by atoms with van der Waals surface area (Å²) in [5.41, 5.74) is 2.48. The summed E-state index contributed by atoms with van der Waals surface area (Å²) in [6.07, 6.45) is -4.71. The molecule has 0 bridgehead atoms. The van der Waals surface area contributed by atoms with Crippen molar-refractivity contribution in [2.45, 2.75) is 6.36 Å². The average molecular weight is 607 g/mol. The van der Waals surface area contributed by atoms with Crippen molar-refractivity contribution in [1.82, 2.24) is 9.97 Å². The lowest BCUT2D eigenvalue weighted by molar-refractivity contribution is -0.274. The Morgan fingerprint density at radius 1 is 0.718 bits per heavy atom. The van der Waals surface area contributed by atoms with Crippen molar-refractivity contribution < 1.29 is 27.4 Å². The molecule has 0 amide bonds. The van der Waals surface area contributed by atoms with Crippen LogP contribution >= 0.6 is 34.8 Å². The van der Waals surface area contributed by atoms with Gasteiger partial charge >= 0.3 is 6.36 Å². The predicted octanol–water partition coefficient (Wildman–Crippen LogP) is 6.44. The highest BCUT2D eigenvalue weighted by molar-refractivity contribution is 6.32. The molecular formula is C25H25Cl3F3N5O3. The van der Waals surface area contributed by atoms with E-state index in [2.05, 4.69) is 29.8 Å². The van der Waals surface area contributed by atoms with Gasteiger partial charge in [-0.25, -0.2) is 9.97 Å². The number of anilines is 4. The van der Waals surface area contributed by atoms with E-state index in [1.165, 1.54) is 24.3 Å². The van der Waals surface area contributed by atoms with Crippen molar-refractivity contribution in [3.63, 3.8) is 0 Å². The fourth-order valence-corrected chi connectivity index (χ4v) is 4.55. The fraction of sp³-hybridized carbons (Fsp3) is 0.360. The van der Waals surface area contributed by atoms with Crippen molar-refractivity contribution in [3.8, 4) is 5.75 Å². The minimum Gasteiger partial charge on any atom is -0.406 e. The summed E-state index contributed by atoms with van der Waals surface area (Å²) in [6.45, 7) is 6.03. The standard InChI is InChI=1S/C16H15ClF3N3O2.C9H10Cl2N2O/c17-14-9-12(23-5-7-24-8-6-23)10-15(22-14)21-11-1-3-13(4-2-11)25-16(18,19)20;10-8-5-7(6-9(11)12-8)13-1-3-14-4-2-13/h1-4,9-10H,5-8H2,(H,21,22);5-6H,1-4H2. The van der Waals surface area contributed by atoms with Gasteiger partial charge in [-0.05, 0) is 42.5 Å². The van der Waals surface area contributed by atoms with E-state index in [1.807, 2.05) is 18.2 Å². The van der Waals surface area contributed by atoms with Gasteiger partial charge in [0.2, 0.25) is 0 Å². The van der Waals surface area contributed by atoms with Crippen LogP contribution in [0, 0.1) is 0 Å². The van der Waals surface area contributed by atoms with Gasteiger partial charge in [0, 0.05) is 49.3 Å². The third-order valence-corrected chi connectivity index (χ3v) is 6.22. The highest BCUT2D eigenvalue weighted by Crippen LogP contribution is 2.28. The van der Waals surface area contributed by atoms with Crippen molar-refractivity contribution in [3.05, 3.63) is 64.0 Å². The second kappa shape index (κ2) is 13.6. The minimum atomic E-state index is -4.71. The van der Waals surface area contributed by atoms with E-state index in [-0.39, 0.29) is 5.75 Å². The zero-order chi connectivity index (χ0) is 27.8. The van der Waals surface area contributed by atoms with Gasteiger partial charge in [-0.2, -0.15) is 0 Å². The van der Waals surface area contributed by atoms with Crippen LogP contribution in [-0.2, 0) is 9.47 Å². The Kier molecular flexibility index (Phi) is 10.2. The Morgan fingerprint density at radius 3 is 1.67 bits per heavy atom. The summed E-state index contributed by atoms with van der Waals surface area (Å²) in [6, 6.07) is 12.6. The van der Waals surface area contributed by atoms with E-state index in [1.54, 1.807) is 6.07 Å². The molecule has 4 heterocycles. The van der Waals surface area contributed by atoms with E-state index >= 15 is 0 Å².